The molecule has 0 aliphatic heterocycles. The topological polar surface area (TPSA) is 76.0 Å². The molecule has 0 saturated heterocycles. The van der Waals surface area contributed by atoms with Gasteiger partial charge >= 0.3 is 0 Å². The number of aromatic nitrogens is 2. The maximum absolute atomic E-state index is 12.3. The number of rotatable bonds is 8. The van der Waals surface area contributed by atoms with Gasteiger partial charge in [0.1, 0.15) is 0 Å². The first-order valence-corrected chi connectivity index (χ1v) is 9.14. The molecule has 116 valence electrons. The van der Waals surface area contributed by atoms with Gasteiger partial charge < -0.3 is 5.32 Å². The fourth-order valence-electron chi connectivity index (χ4n) is 1.92. The Morgan fingerprint density at radius 3 is 2.86 bits per heavy atom. The van der Waals surface area contributed by atoms with Crippen LogP contribution >= 0.6 is 11.3 Å². The number of thiophene rings is 1. The zero-order valence-electron chi connectivity index (χ0n) is 12.2. The second-order valence-electron chi connectivity index (χ2n) is 4.62. The minimum Gasteiger partial charge on any atom is -0.312 e. The summed E-state index contributed by atoms with van der Waals surface area (Å²) >= 11 is 1.45. The third-order valence-corrected chi connectivity index (χ3v) is 5.57. The summed E-state index contributed by atoms with van der Waals surface area (Å²) in [5.41, 5.74) is 0.874. The van der Waals surface area contributed by atoms with E-state index in [0.717, 1.165) is 17.1 Å². The standard InChI is InChI=1S/C13H20N4O2S2/c1-3-14-10-12-13(6-9-20-12)21(18,19)15-7-4-11-5-8-17(2)16-11/h5-6,8-9,14-15H,3-4,7,10H2,1-2H3. The quantitative estimate of drug-likeness (QED) is 0.761. The molecule has 0 fully saturated rings. The van der Waals surface area contributed by atoms with Crippen LogP contribution in [0.4, 0.5) is 0 Å². The van der Waals surface area contributed by atoms with E-state index >= 15 is 0 Å². The summed E-state index contributed by atoms with van der Waals surface area (Å²) in [7, 11) is -1.62. The van der Waals surface area contributed by atoms with Crippen molar-refractivity contribution in [3.63, 3.8) is 0 Å². The average molecular weight is 328 g/mol. The van der Waals surface area contributed by atoms with Crippen LogP contribution in [0, 0.1) is 0 Å². The third-order valence-electron chi connectivity index (χ3n) is 2.97. The summed E-state index contributed by atoms with van der Waals surface area (Å²) < 4.78 is 29.0. The molecule has 6 nitrogen and oxygen atoms in total. The van der Waals surface area contributed by atoms with Gasteiger partial charge in [-0.2, -0.15) is 5.10 Å². The van der Waals surface area contributed by atoms with E-state index in [9.17, 15) is 8.42 Å². The zero-order chi connectivity index (χ0) is 15.3. The Morgan fingerprint density at radius 1 is 1.38 bits per heavy atom. The summed E-state index contributed by atoms with van der Waals surface area (Å²) in [6.07, 6.45) is 2.42. The molecule has 2 rings (SSSR count). The van der Waals surface area contributed by atoms with Crippen LogP contribution in [0.3, 0.4) is 0 Å². The number of nitrogens with one attached hydrogen (secondary N) is 2. The van der Waals surface area contributed by atoms with Crippen LogP contribution in [-0.4, -0.2) is 31.3 Å². The van der Waals surface area contributed by atoms with Crippen LogP contribution in [-0.2, 0) is 30.0 Å². The Hall–Kier alpha value is -1.22. The molecule has 0 aliphatic rings. The van der Waals surface area contributed by atoms with Gasteiger partial charge in [-0.15, -0.1) is 11.3 Å². The number of hydrogen-bond donors (Lipinski definition) is 2. The molecule has 2 N–H and O–H groups in total. The van der Waals surface area contributed by atoms with Crippen molar-refractivity contribution in [2.45, 2.75) is 24.8 Å². The van der Waals surface area contributed by atoms with Crippen LogP contribution in [0.15, 0.2) is 28.6 Å². The lowest BCUT2D eigenvalue weighted by molar-refractivity contribution is 0.579. The van der Waals surface area contributed by atoms with Crippen LogP contribution in [0.2, 0.25) is 0 Å². The first kappa shape index (κ1) is 16.2. The minimum absolute atomic E-state index is 0.343. The summed E-state index contributed by atoms with van der Waals surface area (Å²) in [6, 6.07) is 3.54. The highest BCUT2D eigenvalue weighted by Gasteiger charge is 2.19. The summed E-state index contributed by atoms with van der Waals surface area (Å²) in [5.74, 6) is 0. The lowest BCUT2D eigenvalue weighted by Gasteiger charge is -2.07. The van der Waals surface area contributed by atoms with Crippen molar-refractivity contribution in [2.75, 3.05) is 13.1 Å². The van der Waals surface area contributed by atoms with Gasteiger partial charge in [-0.05, 0) is 24.1 Å². The lowest BCUT2D eigenvalue weighted by atomic mass is 10.3. The van der Waals surface area contributed by atoms with E-state index in [1.54, 1.807) is 16.1 Å². The second kappa shape index (κ2) is 7.17. The molecule has 0 amide bonds. The maximum atomic E-state index is 12.3. The van der Waals surface area contributed by atoms with Crippen molar-refractivity contribution in [3.8, 4) is 0 Å². The SMILES string of the molecule is CCNCc1sccc1S(=O)(=O)NCCc1ccn(C)n1. The van der Waals surface area contributed by atoms with Gasteiger partial charge in [0.05, 0.1) is 10.6 Å². The van der Waals surface area contributed by atoms with Crippen molar-refractivity contribution in [3.05, 3.63) is 34.3 Å². The molecule has 0 unspecified atom stereocenters. The summed E-state index contributed by atoms with van der Waals surface area (Å²) in [5, 5.41) is 9.18. The van der Waals surface area contributed by atoms with Crippen molar-refractivity contribution in [1.29, 1.82) is 0 Å². The first-order valence-electron chi connectivity index (χ1n) is 6.78. The second-order valence-corrected chi connectivity index (χ2v) is 7.35. The average Bonchev–Trinajstić information content (AvgIpc) is 3.05. The summed E-state index contributed by atoms with van der Waals surface area (Å²) in [4.78, 5) is 1.21. The highest BCUT2D eigenvalue weighted by Crippen LogP contribution is 2.21. The molecular formula is C13H20N4O2S2. The van der Waals surface area contributed by atoms with Crippen molar-refractivity contribution in [2.24, 2.45) is 7.05 Å². The smallest absolute Gasteiger partial charge is 0.241 e. The molecule has 2 aromatic rings. The van der Waals surface area contributed by atoms with Gasteiger partial charge in [0.15, 0.2) is 0 Å². The Labute approximate surface area is 129 Å². The third kappa shape index (κ3) is 4.37. The van der Waals surface area contributed by atoms with Crippen molar-refractivity contribution >= 4 is 21.4 Å². The molecule has 0 radical (unpaired) electrons. The van der Waals surface area contributed by atoms with Crippen LogP contribution in [0.25, 0.3) is 0 Å². The molecule has 0 bridgehead atoms. The normalized spacial score (nSPS) is 11.9. The van der Waals surface area contributed by atoms with Gasteiger partial charge in [-0.1, -0.05) is 6.92 Å². The van der Waals surface area contributed by atoms with Crippen LogP contribution < -0.4 is 10.0 Å². The lowest BCUT2D eigenvalue weighted by Crippen LogP contribution is -2.27. The van der Waals surface area contributed by atoms with Gasteiger partial charge in [-0.3, -0.25) is 4.68 Å². The van der Waals surface area contributed by atoms with E-state index in [2.05, 4.69) is 15.1 Å². The van der Waals surface area contributed by atoms with E-state index < -0.39 is 10.0 Å². The molecule has 0 atom stereocenters. The summed E-state index contributed by atoms with van der Waals surface area (Å²) in [6.45, 7) is 3.72. The Morgan fingerprint density at radius 2 is 2.19 bits per heavy atom. The predicted molar refractivity (Wildman–Crippen MR) is 83.8 cm³/mol. The molecule has 0 aliphatic carbocycles. The molecular weight excluding hydrogens is 308 g/mol. The largest absolute Gasteiger partial charge is 0.312 e. The van der Waals surface area contributed by atoms with E-state index in [0.29, 0.717) is 24.4 Å². The van der Waals surface area contributed by atoms with E-state index in [1.807, 2.05) is 26.2 Å². The van der Waals surface area contributed by atoms with Gasteiger partial charge in [0.2, 0.25) is 10.0 Å². The maximum Gasteiger partial charge on any atom is 0.241 e. The zero-order valence-corrected chi connectivity index (χ0v) is 13.8. The van der Waals surface area contributed by atoms with Gasteiger partial charge in [0.25, 0.3) is 0 Å². The number of hydrogen-bond acceptors (Lipinski definition) is 5. The highest BCUT2D eigenvalue weighted by molar-refractivity contribution is 7.89. The molecule has 21 heavy (non-hydrogen) atoms. The molecule has 8 heteroatoms. The minimum atomic E-state index is -3.46. The fourth-order valence-corrected chi connectivity index (χ4v) is 4.37. The molecule has 0 saturated carbocycles. The fraction of sp³-hybridized carbons (Fsp3) is 0.462. The number of aryl methyl sites for hydroxylation is 1. The van der Waals surface area contributed by atoms with E-state index in [1.165, 1.54) is 11.3 Å². The molecule has 0 aromatic carbocycles. The monoisotopic (exact) mass is 328 g/mol. The predicted octanol–water partition coefficient (Wildman–Crippen LogP) is 1.11. The van der Waals surface area contributed by atoms with E-state index in [-0.39, 0.29) is 0 Å². The van der Waals surface area contributed by atoms with Gasteiger partial charge in [-0.25, -0.2) is 13.1 Å². The Bertz CT molecular complexity index is 676. The Kier molecular flexibility index (Phi) is 5.51. The first-order chi connectivity index (χ1) is 10.0. The van der Waals surface area contributed by atoms with E-state index in [4.69, 9.17) is 0 Å². The van der Waals surface area contributed by atoms with Gasteiger partial charge in [0, 0.05) is 37.6 Å². The number of sulfonamides is 1. The van der Waals surface area contributed by atoms with Crippen LogP contribution in [0.1, 0.15) is 17.5 Å². The van der Waals surface area contributed by atoms with Crippen molar-refractivity contribution < 1.29 is 8.42 Å². The van der Waals surface area contributed by atoms with Crippen molar-refractivity contribution in [1.82, 2.24) is 19.8 Å². The number of nitrogens with zero attached hydrogens (tertiary/aromatic N) is 2. The molecule has 2 aromatic heterocycles. The highest BCUT2D eigenvalue weighted by atomic mass is 32.2. The molecule has 0 spiro atoms. The molecule has 2 heterocycles. The Balaban J connectivity index is 1.96. The van der Waals surface area contributed by atoms with Crippen LogP contribution in [0.5, 0.6) is 0 Å².